The van der Waals surface area contributed by atoms with E-state index in [9.17, 15) is 43.2 Å². The van der Waals surface area contributed by atoms with Gasteiger partial charge in [0, 0.05) is 25.7 Å². The Morgan fingerprint density at radius 3 is 0.723 bits per heavy atom. The van der Waals surface area contributed by atoms with E-state index >= 15 is 0 Å². The zero-order valence-electron chi connectivity index (χ0n) is 61.4. The Morgan fingerprint density at radius 1 is 0.287 bits per heavy atom. The van der Waals surface area contributed by atoms with Crippen molar-refractivity contribution in [3.63, 3.8) is 0 Å². The van der Waals surface area contributed by atoms with Crippen LogP contribution in [0, 0.1) is 17.8 Å². The predicted octanol–water partition coefficient (Wildman–Crippen LogP) is 21.8. The van der Waals surface area contributed by atoms with Crippen LogP contribution in [0.4, 0.5) is 0 Å². The molecule has 0 rings (SSSR count). The molecule has 0 aromatic rings. The Hall–Kier alpha value is -1.94. The molecule has 0 heterocycles. The number of carbonyl (C=O) groups is 4. The van der Waals surface area contributed by atoms with Gasteiger partial charge in [-0.2, -0.15) is 0 Å². The molecule has 19 heteroatoms. The van der Waals surface area contributed by atoms with E-state index in [2.05, 4.69) is 48.5 Å². The smallest absolute Gasteiger partial charge is 0.462 e. The van der Waals surface area contributed by atoms with Gasteiger partial charge in [-0.15, -0.1) is 0 Å². The summed E-state index contributed by atoms with van der Waals surface area (Å²) < 4.78 is 68.4. The molecule has 0 saturated carbocycles. The summed E-state index contributed by atoms with van der Waals surface area (Å²) in [6.07, 6.45) is 51.3. The monoisotopic (exact) mass is 1380 g/mol. The molecule has 3 N–H and O–H groups in total. The molecule has 0 bridgehead atoms. The van der Waals surface area contributed by atoms with Crippen molar-refractivity contribution in [2.75, 3.05) is 39.6 Å². The average molecular weight is 1380 g/mol. The third-order valence-corrected chi connectivity index (χ3v) is 19.3. The van der Waals surface area contributed by atoms with Gasteiger partial charge in [0.1, 0.15) is 19.3 Å². The summed E-state index contributed by atoms with van der Waals surface area (Å²) in [5, 5.41) is 10.6. The van der Waals surface area contributed by atoms with E-state index in [0.29, 0.717) is 25.7 Å². The Morgan fingerprint density at radius 2 is 0.489 bits per heavy atom. The average Bonchev–Trinajstić information content (AvgIpc) is 2.20. The highest BCUT2D eigenvalue weighted by Gasteiger charge is 2.30. The van der Waals surface area contributed by atoms with Gasteiger partial charge >= 0.3 is 39.5 Å². The number of ether oxygens (including phenoxy) is 4. The maximum absolute atomic E-state index is 13.1. The Bertz CT molecular complexity index is 1840. The summed E-state index contributed by atoms with van der Waals surface area (Å²) in [5.74, 6) is 0.222. The predicted molar refractivity (Wildman–Crippen MR) is 381 cm³/mol. The number of hydrogen-bond acceptors (Lipinski definition) is 15. The molecule has 94 heavy (non-hydrogen) atoms. The summed E-state index contributed by atoms with van der Waals surface area (Å²) in [4.78, 5) is 72.7. The molecule has 0 spiro atoms. The van der Waals surface area contributed by atoms with Crippen molar-refractivity contribution < 1.29 is 80.2 Å². The number of hydrogen-bond donors (Lipinski definition) is 3. The van der Waals surface area contributed by atoms with E-state index < -0.39 is 97.5 Å². The highest BCUT2D eigenvalue weighted by Crippen LogP contribution is 2.45. The molecule has 0 fully saturated rings. The Labute approximate surface area is 575 Å². The first-order valence-corrected chi connectivity index (χ1v) is 41.8. The zero-order chi connectivity index (χ0) is 69.4. The van der Waals surface area contributed by atoms with Crippen molar-refractivity contribution in [2.45, 2.75) is 401 Å². The van der Waals surface area contributed by atoms with Crippen LogP contribution in [0.3, 0.4) is 0 Å². The summed E-state index contributed by atoms with van der Waals surface area (Å²) in [7, 11) is -9.91. The first-order valence-electron chi connectivity index (χ1n) is 38.8. The van der Waals surface area contributed by atoms with Gasteiger partial charge in [-0.3, -0.25) is 37.3 Å². The molecule has 17 nitrogen and oxygen atoms in total. The fourth-order valence-electron chi connectivity index (χ4n) is 11.4. The summed E-state index contributed by atoms with van der Waals surface area (Å²) in [5.41, 5.74) is 0. The van der Waals surface area contributed by atoms with E-state index in [1.807, 2.05) is 0 Å². The quantitative estimate of drug-likeness (QED) is 0.0222. The van der Waals surface area contributed by atoms with Crippen LogP contribution in [0.25, 0.3) is 0 Å². The van der Waals surface area contributed by atoms with E-state index in [1.165, 1.54) is 186 Å². The molecule has 558 valence electrons. The molecule has 0 saturated heterocycles. The van der Waals surface area contributed by atoms with Gasteiger partial charge in [-0.05, 0) is 43.4 Å². The lowest BCUT2D eigenvalue weighted by atomic mass is 10.0. The maximum Gasteiger partial charge on any atom is 0.472 e. The molecular weight excluding hydrogens is 1230 g/mol. The van der Waals surface area contributed by atoms with Crippen LogP contribution in [0.15, 0.2) is 0 Å². The number of rotatable bonds is 73. The minimum Gasteiger partial charge on any atom is -0.462 e. The third-order valence-electron chi connectivity index (χ3n) is 17.4. The lowest BCUT2D eigenvalue weighted by Crippen LogP contribution is -2.30. The molecule has 0 aromatic heterocycles. The van der Waals surface area contributed by atoms with Crippen molar-refractivity contribution in [3.8, 4) is 0 Å². The molecule has 0 aliphatic heterocycles. The second-order valence-electron chi connectivity index (χ2n) is 28.5. The van der Waals surface area contributed by atoms with Crippen molar-refractivity contribution in [3.05, 3.63) is 0 Å². The van der Waals surface area contributed by atoms with Gasteiger partial charge in [0.25, 0.3) is 0 Å². The van der Waals surface area contributed by atoms with Crippen molar-refractivity contribution in [1.29, 1.82) is 0 Å². The van der Waals surface area contributed by atoms with Gasteiger partial charge in [0.05, 0.1) is 26.4 Å². The summed E-state index contributed by atoms with van der Waals surface area (Å²) in [6, 6.07) is 0. The van der Waals surface area contributed by atoms with Gasteiger partial charge in [-0.1, -0.05) is 331 Å². The molecule has 0 aromatic carbocycles. The van der Waals surface area contributed by atoms with Crippen LogP contribution in [0.5, 0.6) is 0 Å². The second-order valence-corrected chi connectivity index (χ2v) is 31.4. The van der Waals surface area contributed by atoms with Gasteiger partial charge in [-0.25, -0.2) is 9.13 Å². The van der Waals surface area contributed by atoms with E-state index in [0.717, 1.165) is 114 Å². The van der Waals surface area contributed by atoms with Crippen LogP contribution in [-0.2, 0) is 65.4 Å². The van der Waals surface area contributed by atoms with Crippen molar-refractivity contribution >= 4 is 39.5 Å². The summed E-state index contributed by atoms with van der Waals surface area (Å²) in [6.45, 7) is 11.9. The van der Waals surface area contributed by atoms with E-state index in [-0.39, 0.29) is 25.7 Å². The standard InChI is InChI=1S/C75H146O17P2/c1-8-9-10-11-12-35-42-49-56-72(77)85-62-70(91-75(80)59-52-45-38-31-25-19-22-28-34-41-48-55-68(6)7)64-89-93(81,82)87-60-69(76)61-88-94(83,84)90-65-71(63-86-73(78)57-50-43-36-29-23-18-17-21-27-33-40-47-54-67(4)5)92-74(79)58-51-44-37-30-24-16-14-13-15-20-26-32-39-46-53-66(2)3/h66-71,76H,8-65H2,1-7H3,(H,81,82)(H,83,84)/t69-,70+,71+/m0/s1. The highest BCUT2D eigenvalue weighted by molar-refractivity contribution is 7.47. The molecule has 0 aliphatic rings. The SMILES string of the molecule is CCCCCCCCCCC(=O)OC[C@H](COP(=O)(O)OC[C@H](O)COP(=O)(O)OC[C@@H](COC(=O)CCCCCCCCCCCCCCC(C)C)OC(=O)CCCCCCCCCCCCCCCCC(C)C)OC(=O)CCCCCCCCCCCCCC(C)C. The third kappa shape index (κ3) is 68.6. The number of phosphoric ester groups is 2. The van der Waals surface area contributed by atoms with Crippen molar-refractivity contribution in [2.24, 2.45) is 17.8 Å². The van der Waals surface area contributed by atoms with Crippen LogP contribution >= 0.6 is 15.6 Å². The van der Waals surface area contributed by atoms with Gasteiger partial charge in [0.2, 0.25) is 0 Å². The van der Waals surface area contributed by atoms with Gasteiger partial charge < -0.3 is 33.8 Å². The first-order chi connectivity index (χ1) is 45.2. The topological polar surface area (TPSA) is 237 Å². The first kappa shape index (κ1) is 92.1. The number of phosphoric acid groups is 2. The number of carbonyl (C=O) groups excluding carboxylic acids is 4. The van der Waals surface area contributed by atoms with Crippen LogP contribution in [-0.4, -0.2) is 96.7 Å². The van der Waals surface area contributed by atoms with Crippen molar-refractivity contribution in [1.82, 2.24) is 0 Å². The normalized spacial score (nSPS) is 14.1. The summed E-state index contributed by atoms with van der Waals surface area (Å²) >= 11 is 0. The fraction of sp³-hybridized carbons (Fsp3) is 0.947. The number of aliphatic hydroxyl groups is 1. The molecule has 0 amide bonds. The maximum atomic E-state index is 13.1. The lowest BCUT2D eigenvalue weighted by molar-refractivity contribution is -0.161. The Balaban J connectivity index is 5.22. The van der Waals surface area contributed by atoms with Crippen LogP contribution < -0.4 is 0 Å². The lowest BCUT2D eigenvalue weighted by Gasteiger charge is -2.21. The number of esters is 4. The zero-order valence-corrected chi connectivity index (χ0v) is 63.2. The molecule has 0 aliphatic carbocycles. The molecule has 5 atom stereocenters. The Kier molecular flexibility index (Phi) is 64.3. The molecule has 0 radical (unpaired) electrons. The molecular formula is C75H146O17P2. The number of unbranched alkanes of at least 4 members (excludes halogenated alkanes) is 41. The van der Waals surface area contributed by atoms with Crippen LogP contribution in [0.1, 0.15) is 382 Å². The van der Waals surface area contributed by atoms with Gasteiger partial charge in [0.15, 0.2) is 12.2 Å². The minimum atomic E-state index is -4.96. The fourth-order valence-corrected chi connectivity index (χ4v) is 13.0. The number of aliphatic hydroxyl groups excluding tert-OH is 1. The molecule has 2 unspecified atom stereocenters. The minimum absolute atomic E-state index is 0.106. The van der Waals surface area contributed by atoms with Crippen LogP contribution in [0.2, 0.25) is 0 Å². The van der Waals surface area contributed by atoms with E-state index in [1.54, 1.807) is 0 Å². The second kappa shape index (κ2) is 65.7. The highest BCUT2D eigenvalue weighted by atomic mass is 31.2. The largest absolute Gasteiger partial charge is 0.472 e. The van der Waals surface area contributed by atoms with E-state index in [4.69, 9.17) is 37.0 Å².